The third-order valence-corrected chi connectivity index (χ3v) is 5.58. The van der Waals surface area contributed by atoms with E-state index in [2.05, 4.69) is 15.0 Å². The van der Waals surface area contributed by atoms with E-state index in [1.165, 1.54) is 6.07 Å². The van der Waals surface area contributed by atoms with E-state index < -0.39 is 6.55 Å². The highest BCUT2D eigenvalue weighted by atomic mass is 32.1. The van der Waals surface area contributed by atoms with Gasteiger partial charge in [-0.2, -0.15) is 13.9 Å². The minimum atomic E-state index is -2.73. The Morgan fingerprint density at radius 2 is 2.20 bits per heavy atom. The molecule has 0 aromatic carbocycles. The zero-order valence-electron chi connectivity index (χ0n) is 13.6. The number of thiazole rings is 1. The van der Waals surface area contributed by atoms with Crippen LogP contribution >= 0.6 is 11.3 Å². The number of hydrogen-bond donors (Lipinski definition) is 0. The molecule has 9 heteroatoms. The van der Waals surface area contributed by atoms with Crippen molar-refractivity contribution in [2.75, 3.05) is 19.6 Å². The molecule has 5 rings (SSSR count). The molecule has 2 atom stereocenters. The maximum atomic E-state index is 12.8. The number of hydrogen-bond acceptors (Lipinski definition) is 5. The minimum Gasteiger partial charge on any atom is -0.333 e. The molecule has 2 aromatic heterocycles. The van der Waals surface area contributed by atoms with E-state index in [0.29, 0.717) is 17.1 Å². The molecule has 3 fully saturated rings. The quantitative estimate of drug-likeness (QED) is 0.833. The first-order valence-corrected chi connectivity index (χ1v) is 9.28. The van der Waals surface area contributed by atoms with Crippen LogP contribution in [0.3, 0.4) is 0 Å². The Morgan fingerprint density at radius 3 is 2.92 bits per heavy atom. The van der Waals surface area contributed by atoms with Crippen LogP contribution in [-0.4, -0.2) is 56.1 Å². The van der Waals surface area contributed by atoms with Gasteiger partial charge in [-0.1, -0.05) is 0 Å². The molecule has 0 unspecified atom stereocenters. The molecule has 2 bridgehead atoms. The second-order valence-corrected chi connectivity index (χ2v) is 7.41. The average molecular weight is 367 g/mol. The second kappa shape index (κ2) is 6.80. The van der Waals surface area contributed by atoms with Gasteiger partial charge in [0.15, 0.2) is 5.69 Å². The van der Waals surface area contributed by atoms with Gasteiger partial charge < -0.3 is 4.90 Å². The first-order valence-electron chi connectivity index (χ1n) is 8.34. The van der Waals surface area contributed by atoms with E-state index in [9.17, 15) is 13.6 Å². The molecule has 0 aliphatic carbocycles. The van der Waals surface area contributed by atoms with Crippen molar-refractivity contribution in [3.05, 3.63) is 34.5 Å². The van der Waals surface area contributed by atoms with Crippen molar-refractivity contribution >= 4 is 17.2 Å². The van der Waals surface area contributed by atoms with Crippen LogP contribution in [0.15, 0.2) is 23.2 Å². The fourth-order valence-electron chi connectivity index (χ4n) is 3.81. The Morgan fingerprint density at radius 1 is 1.32 bits per heavy atom. The van der Waals surface area contributed by atoms with Gasteiger partial charge in [-0.3, -0.25) is 9.69 Å². The molecule has 3 saturated heterocycles. The van der Waals surface area contributed by atoms with Crippen molar-refractivity contribution < 1.29 is 13.6 Å². The normalized spacial score (nSPS) is 24.0. The summed E-state index contributed by atoms with van der Waals surface area (Å²) in [4.78, 5) is 21.3. The highest BCUT2D eigenvalue weighted by Crippen LogP contribution is 2.30. The van der Waals surface area contributed by atoms with Gasteiger partial charge in [0.05, 0.1) is 11.2 Å². The van der Waals surface area contributed by atoms with Crippen molar-refractivity contribution in [1.29, 1.82) is 0 Å². The van der Waals surface area contributed by atoms with Crippen LogP contribution < -0.4 is 0 Å². The van der Waals surface area contributed by atoms with Crippen molar-refractivity contribution in [2.24, 2.45) is 5.92 Å². The van der Waals surface area contributed by atoms with E-state index in [4.69, 9.17) is 0 Å². The number of rotatable bonds is 4. The topological polar surface area (TPSA) is 54.3 Å². The fraction of sp³-hybridized carbons (Fsp3) is 0.562. The molecule has 0 saturated carbocycles. The summed E-state index contributed by atoms with van der Waals surface area (Å²) in [6.45, 7) is 0.450. The first-order chi connectivity index (χ1) is 12.1. The average Bonchev–Trinajstić information content (AvgIpc) is 3.20. The van der Waals surface area contributed by atoms with Gasteiger partial charge in [0, 0.05) is 43.8 Å². The van der Waals surface area contributed by atoms with Gasteiger partial charge in [-0.25, -0.2) is 9.67 Å². The molecule has 134 valence electrons. The molecule has 25 heavy (non-hydrogen) atoms. The number of carbonyl (C=O) groups is 1. The number of alkyl halides is 2. The summed E-state index contributed by atoms with van der Waals surface area (Å²) in [5.74, 6) is 0.156. The Bertz CT molecular complexity index is 735. The lowest BCUT2D eigenvalue weighted by atomic mass is 9.95. The number of aromatic nitrogens is 3. The van der Waals surface area contributed by atoms with E-state index >= 15 is 0 Å². The molecule has 1 amide bonds. The van der Waals surface area contributed by atoms with Crippen LogP contribution in [0.2, 0.25) is 0 Å². The largest absolute Gasteiger partial charge is 0.333 e. The molecule has 0 N–H and O–H groups in total. The third kappa shape index (κ3) is 3.43. The van der Waals surface area contributed by atoms with Crippen molar-refractivity contribution in [1.82, 2.24) is 24.6 Å². The van der Waals surface area contributed by atoms with Gasteiger partial charge >= 0.3 is 6.55 Å². The van der Waals surface area contributed by atoms with E-state index in [-0.39, 0.29) is 17.6 Å². The zero-order chi connectivity index (χ0) is 17.4. The molecule has 0 radical (unpaired) electrons. The summed E-state index contributed by atoms with van der Waals surface area (Å²) in [6, 6.07) is 1.47. The van der Waals surface area contributed by atoms with Gasteiger partial charge in [0.25, 0.3) is 5.91 Å². The monoisotopic (exact) mass is 367 g/mol. The Labute approximate surface area is 148 Å². The van der Waals surface area contributed by atoms with E-state index in [1.807, 2.05) is 15.8 Å². The molecular weight excluding hydrogens is 348 g/mol. The van der Waals surface area contributed by atoms with E-state index in [1.54, 1.807) is 11.3 Å². The van der Waals surface area contributed by atoms with Crippen molar-refractivity contribution in [3.8, 4) is 0 Å². The molecular formula is C16H19F2N5OS. The van der Waals surface area contributed by atoms with Gasteiger partial charge in [0.2, 0.25) is 0 Å². The number of piperidine rings is 1. The SMILES string of the molecule is O=C(c1ccn(C(F)F)n1)N1C[C@H]2CC[C@@H]1CN(Cc1cscn1)C2. The lowest BCUT2D eigenvalue weighted by Gasteiger charge is -2.35. The smallest absolute Gasteiger partial charge is 0.333 e. The van der Waals surface area contributed by atoms with Crippen LogP contribution in [0.25, 0.3) is 0 Å². The summed E-state index contributed by atoms with van der Waals surface area (Å²) in [5.41, 5.74) is 2.98. The van der Waals surface area contributed by atoms with Crippen LogP contribution in [-0.2, 0) is 6.54 Å². The fourth-order valence-corrected chi connectivity index (χ4v) is 4.36. The summed E-state index contributed by atoms with van der Waals surface area (Å²) < 4.78 is 25.9. The molecule has 3 aliphatic rings. The van der Waals surface area contributed by atoms with Crippen molar-refractivity contribution in [2.45, 2.75) is 32.0 Å². The van der Waals surface area contributed by atoms with Crippen LogP contribution in [0.1, 0.15) is 35.6 Å². The second-order valence-electron chi connectivity index (χ2n) is 6.69. The maximum Gasteiger partial charge on any atom is 0.333 e. The zero-order valence-corrected chi connectivity index (χ0v) is 14.4. The minimum absolute atomic E-state index is 0.0962. The Kier molecular flexibility index (Phi) is 4.51. The number of nitrogens with zero attached hydrogens (tertiary/aromatic N) is 5. The summed E-state index contributed by atoms with van der Waals surface area (Å²) in [6.07, 6.45) is 3.19. The lowest BCUT2D eigenvalue weighted by molar-refractivity contribution is 0.0517. The first kappa shape index (κ1) is 16.6. The predicted octanol–water partition coefficient (Wildman–Crippen LogP) is 2.47. The Balaban J connectivity index is 1.48. The van der Waals surface area contributed by atoms with Crippen LogP contribution in [0.5, 0.6) is 0 Å². The van der Waals surface area contributed by atoms with E-state index in [0.717, 1.165) is 44.4 Å². The van der Waals surface area contributed by atoms with Crippen LogP contribution in [0, 0.1) is 5.92 Å². The third-order valence-electron chi connectivity index (χ3n) is 4.95. The molecule has 5 heterocycles. The lowest BCUT2D eigenvalue weighted by Crippen LogP contribution is -2.47. The van der Waals surface area contributed by atoms with Gasteiger partial charge in [0.1, 0.15) is 0 Å². The predicted molar refractivity (Wildman–Crippen MR) is 88.4 cm³/mol. The standard InChI is InChI=1S/C16H19F2N5OS/c17-16(18)23-4-3-14(20-23)15(24)22-6-11-1-2-13(22)8-21(5-11)7-12-9-25-10-19-12/h3-4,9-11,13,16H,1-2,5-8H2/t11-,13+/m0/s1. The molecule has 3 aliphatic heterocycles. The summed E-state index contributed by atoms with van der Waals surface area (Å²) in [7, 11) is 0. The number of fused-ring (bicyclic) bond motifs is 4. The number of carbonyl (C=O) groups excluding carboxylic acids is 1. The van der Waals surface area contributed by atoms with Gasteiger partial charge in [-0.05, 0) is 24.8 Å². The highest BCUT2D eigenvalue weighted by molar-refractivity contribution is 7.07. The highest BCUT2D eigenvalue weighted by Gasteiger charge is 2.38. The number of halogens is 2. The number of amides is 1. The molecule has 2 aromatic rings. The summed E-state index contributed by atoms with van der Waals surface area (Å²) in [5, 5.41) is 5.78. The molecule has 0 spiro atoms. The molecule has 6 nitrogen and oxygen atoms in total. The summed E-state index contributed by atoms with van der Waals surface area (Å²) >= 11 is 1.58. The van der Waals surface area contributed by atoms with Crippen LogP contribution in [0.4, 0.5) is 8.78 Å². The van der Waals surface area contributed by atoms with Gasteiger partial charge in [-0.15, -0.1) is 11.3 Å². The van der Waals surface area contributed by atoms with Crippen molar-refractivity contribution in [3.63, 3.8) is 0 Å². The maximum absolute atomic E-state index is 12.8. The Hall–Kier alpha value is -1.87.